The summed E-state index contributed by atoms with van der Waals surface area (Å²) in [6.07, 6.45) is 4.49. The van der Waals surface area contributed by atoms with Gasteiger partial charge in [-0.3, -0.25) is 0 Å². The monoisotopic (exact) mass is 249 g/mol. The fourth-order valence-corrected chi connectivity index (χ4v) is 0. The molecule has 0 fully saturated rings. The number of hydrogen-bond donors (Lipinski definition) is 0. The van der Waals surface area contributed by atoms with Gasteiger partial charge in [0, 0.05) is 6.92 Å². The minimum absolute atomic E-state index is 0. The van der Waals surface area contributed by atoms with Gasteiger partial charge >= 0.3 is 27.3 Å². The van der Waals surface area contributed by atoms with Gasteiger partial charge < -0.3 is 0 Å². The van der Waals surface area contributed by atoms with Crippen molar-refractivity contribution in [1.29, 1.82) is 0 Å². The number of hydrogen-bond acceptors (Lipinski definition) is 0. The topological polar surface area (TPSA) is 0 Å². The first-order valence-corrected chi connectivity index (χ1v) is 0.642. The summed E-state index contributed by atoms with van der Waals surface area (Å²) < 4.78 is 0. The molecule has 4 heavy (non-hydrogen) atoms. The molecule has 1 heteroatoms. The summed E-state index contributed by atoms with van der Waals surface area (Å²) in [5.41, 5.74) is 0. The molecule has 0 unspecified atom stereocenters. The molecule has 0 nitrogen and oxygen atoms in total. The fraction of sp³-hybridized carbons (Fsp3) is 0. The second-order valence-electron chi connectivity index (χ2n) is 0.204. The zero-order valence-electron chi connectivity index (χ0n) is 2.49. The molecule has 0 aliphatic heterocycles. The molecule has 0 bridgehead atoms. The van der Waals surface area contributed by atoms with Crippen molar-refractivity contribution >= 4 is 27.3 Å². The van der Waals surface area contributed by atoms with Gasteiger partial charge in [0.2, 0.25) is 0 Å². The average molecular weight is 248 g/mol. The summed E-state index contributed by atoms with van der Waals surface area (Å²) in [6.45, 7) is 3.01. The maximum absolute atomic E-state index is 4.49. The number of rotatable bonds is 0. The molecule has 0 aromatic rings. The molecule has 0 aliphatic carbocycles. The molecule has 21 valence electrons. The summed E-state index contributed by atoms with van der Waals surface area (Å²) >= 11 is 0. The Hall–Kier alpha value is 0.482. The minimum atomic E-state index is 0. The molecule has 0 atom stereocenters. The van der Waals surface area contributed by atoms with E-state index in [4.69, 9.17) is 0 Å². The van der Waals surface area contributed by atoms with Crippen molar-refractivity contribution in [1.82, 2.24) is 0 Å². The van der Waals surface area contributed by atoms with Crippen LogP contribution in [0.3, 0.4) is 0 Å². The predicted molar refractivity (Wildman–Crippen MR) is 22.7 cm³/mol. The van der Waals surface area contributed by atoms with Crippen LogP contribution in [0.5, 0.6) is 0 Å². The van der Waals surface area contributed by atoms with Crippen molar-refractivity contribution in [2.75, 3.05) is 0 Å². The molecule has 0 spiro atoms. The van der Waals surface area contributed by atoms with E-state index in [2.05, 4.69) is 13.3 Å². The normalized spacial score (nSPS) is 2.00. The Labute approximate surface area is 46.8 Å². The third kappa shape index (κ3) is 23.5. The van der Waals surface area contributed by atoms with E-state index in [0.717, 1.165) is 0 Å². The molecule has 0 saturated carbocycles. The van der Waals surface area contributed by atoms with Crippen molar-refractivity contribution < 1.29 is 0 Å². The van der Waals surface area contributed by atoms with Crippen LogP contribution in [0.15, 0.2) is 0 Å². The Morgan fingerprint density at radius 2 is 1.75 bits per heavy atom. The summed E-state index contributed by atoms with van der Waals surface area (Å²) in [5.74, 6) is 2.00. The molecular formula is C3H5Pb. The molecule has 0 rings (SSSR count). The van der Waals surface area contributed by atoms with Crippen molar-refractivity contribution in [3.05, 3.63) is 6.92 Å². The zero-order valence-corrected chi connectivity index (χ0v) is 7.99. The van der Waals surface area contributed by atoms with Gasteiger partial charge in [0.1, 0.15) is 0 Å². The van der Waals surface area contributed by atoms with E-state index in [9.17, 15) is 0 Å². The van der Waals surface area contributed by atoms with Crippen LogP contribution in [0, 0.1) is 19.3 Å². The van der Waals surface area contributed by atoms with E-state index in [1.807, 2.05) is 5.92 Å². The predicted octanol–water partition coefficient (Wildman–Crippen LogP) is -0.463. The molecule has 0 amide bonds. The van der Waals surface area contributed by atoms with Gasteiger partial charge in [0.15, 0.2) is 0 Å². The Morgan fingerprint density at radius 1 is 1.75 bits per heavy atom. The third-order valence-electron chi connectivity index (χ3n) is 0. The van der Waals surface area contributed by atoms with Gasteiger partial charge in [0.25, 0.3) is 0 Å². The van der Waals surface area contributed by atoms with Gasteiger partial charge in [-0.2, -0.15) is 0 Å². The van der Waals surface area contributed by atoms with Gasteiger partial charge in [0.05, 0.1) is 0 Å². The van der Waals surface area contributed by atoms with Gasteiger partial charge in [-0.1, -0.05) is 0 Å². The third-order valence-corrected chi connectivity index (χ3v) is 0. The van der Waals surface area contributed by atoms with E-state index in [0.29, 0.717) is 0 Å². The molecule has 0 aromatic carbocycles. The Bertz CT molecular complexity index is 24.8. The molecule has 0 saturated heterocycles. The van der Waals surface area contributed by atoms with Gasteiger partial charge in [-0.15, -0.1) is 12.3 Å². The zero-order chi connectivity index (χ0) is 2.71. The van der Waals surface area contributed by atoms with Crippen LogP contribution < -0.4 is 0 Å². The molecule has 0 aromatic heterocycles. The molecule has 0 aliphatic rings. The van der Waals surface area contributed by atoms with E-state index in [-0.39, 0.29) is 27.3 Å². The van der Waals surface area contributed by atoms with Gasteiger partial charge in [-0.05, 0) is 0 Å². The van der Waals surface area contributed by atoms with Crippen molar-refractivity contribution in [2.24, 2.45) is 0 Å². The van der Waals surface area contributed by atoms with Crippen LogP contribution in [0.4, 0.5) is 0 Å². The van der Waals surface area contributed by atoms with Crippen molar-refractivity contribution in [3.8, 4) is 12.3 Å². The van der Waals surface area contributed by atoms with Crippen LogP contribution in [0.25, 0.3) is 0 Å². The second-order valence-corrected chi connectivity index (χ2v) is 0.204. The molecular weight excluding hydrogens is 243 g/mol. The van der Waals surface area contributed by atoms with Crippen molar-refractivity contribution in [2.45, 2.75) is 0 Å². The van der Waals surface area contributed by atoms with Gasteiger partial charge in [-0.25, -0.2) is 0 Å². The standard InChI is InChI=1S/C3H3.Pb.2H/c1-3-2;;;/h1H,2H2;;;. The summed E-state index contributed by atoms with van der Waals surface area (Å²) in [7, 11) is 0. The van der Waals surface area contributed by atoms with Crippen LogP contribution in [-0.4, -0.2) is 27.3 Å². The molecule has 0 heterocycles. The average Bonchev–Trinajstić information content (AvgIpc) is 0.918. The maximum atomic E-state index is 4.49. The Balaban J connectivity index is 0. The summed E-state index contributed by atoms with van der Waals surface area (Å²) in [4.78, 5) is 0. The summed E-state index contributed by atoms with van der Waals surface area (Å²) in [6, 6.07) is 0. The first-order chi connectivity index (χ1) is 1.41. The second kappa shape index (κ2) is 9.77. The van der Waals surface area contributed by atoms with Crippen LogP contribution in [-0.2, 0) is 0 Å². The van der Waals surface area contributed by atoms with Crippen LogP contribution in [0.2, 0.25) is 0 Å². The molecule has 0 N–H and O–H groups in total. The van der Waals surface area contributed by atoms with E-state index in [1.54, 1.807) is 0 Å². The number of terminal acetylenes is 1. The first kappa shape index (κ1) is 8.82. The first-order valence-electron chi connectivity index (χ1n) is 0.642. The SMILES string of the molecule is C#C[CH2].[PbH2]. The quantitative estimate of drug-likeness (QED) is 0.402. The van der Waals surface area contributed by atoms with E-state index in [1.165, 1.54) is 0 Å². The van der Waals surface area contributed by atoms with E-state index < -0.39 is 0 Å². The van der Waals surface area contributed by atoms with Crippen LogP contribution in [0.1, 0.15) is 0 Å². The van der Waals surface area contributed by atoms with Crippen molar-refractivity contribution in [3.63, 3.8) is 0 Å². The molecule has 3 radical (unpaired) electrons. The Kier molecular flexibility index (Phi) is 21.5. The van der Waals surface area contributed by atoms with E-state index >= 15 is 0 Å². The summed E-state index contributed by atoms with van der Waals surface area (Å²) in [5, 5.41) is 0. The fourth-order valence-electron chi connectivity index (χ4n) is 0. The van der Waals surface area contributed by atoms with Crippen LogP contribution >= 0.6 is 0 Å². The Morgan fingerprint density at radius 3 is 1.75 bits per heavy atom.